The van der Waals surface area contributed by atoms with Gasteiger partial charge in [0.2, 0.25) is 0 Å². The highest BCUT2D eigenvalue weighted by atomic mass is 16.5. The number of aromatic nitrogens is 5. The molecule has 1 aliphatic heterocycles. The van der Waals surface area contributed by atoms with Crippen molar-refractivity contribution in [2.45, 2.75) is 53.0 Å². The van der Waals surface area contributed by atoms with Crippen molar-refractivity contribution in [2.24, 2.45) is 0 Å². The van der Waals surface area contributed by atoms with E-state index >= 15 is 0 Å². The molecule has 32 heavy (non-hydrogen) atoms. The Morgan fingerprint density at radius 2 is 1.81 bits per heavy atom. The minimum atomic E-state index is -0.235. The number of hydrogen-bond acceptors (Lipinski definition) is 6. The van der Waals surface area contributed by atoms with Crippen LogP contribution in [0.3, 0.4) is 0 Å². The summed E-state index contributed by atoms with van der Waals surface area (Å²) in [6.45, 7) is 11.3. The van der Waals surface area contributed by atoms with E-state index in [4.69, 9.17) is 9.72 Å². The maximum Gasteiger partial charge on any atom is 0.352 e. The molecule has 0 saturated carbocycles. The molecular weight excluding hydrogens is 404 g/mol. The molecule has 1 aromatic carbocycles. The van der Waals surface area contributed by atoms with Crippen LogP contribution in [-0.2, 0) is 17.8 Å². The average molecular weight is 433 g/mol. The zero-order chi connectivity index (χ0) is 22.4. The summed E-state index contributed by atoms with van der Waals surface area (Å²) in [4.78, 5) is 24.7. The maximum atomic E-state index is 13.2. The van der Waals surface area contributed by atoms with Gasteiger partial charge in [-0.25, -0.2) is 14.8 Å². The third-order valence-corrected chi connectivity index (χ3v) is 6.11. The highest BCUT2D eigenvalue weighted by Gasteiger charge is 2.23. The van der Waals surface area contributed by atoms with Gasteiger partial charge in [0.1, 0.15) is 12.0 Å². The summed E-state index contributed by atoms with van der Waals surface area (Å²) in [5.74, 6) is 0. The van der Waals surface area contributed by atoms with E-state index < -0.39 is 0 Å². The molecule has 2 atom stereocenters. The normalized spacial score (nSPS) is 19.8. The van der Waals surface area contributed by atoms with E-state index in [1.165, 1.54) is 16.4 Å². The fourth-order valence-corrected chi connectivity index (χ4v) is 4.74. The van der Waals surface area contributed by atoms with E-state index in [9.17, 15) is 4.79 Å². The molecule has 3 aromatic heterocycles. The van der Waals surface area contributed by atoms with Crippen LogP contribution in [0, 0.1) is 13.8 Å². The van der Waals surface area contributed by atoms with Crippen LogP contribution in [-0.4, -0.2) is 54.3 Å². The van der Waals surface area contributed by atoms with Crippen LogP contribution in [0.5, 0.6) is 0 Å². The number of rotatable bonds is 4. The number of ether oxygens (including phenoxy) is 1. The Labute approximate surface area is 186 Å². The summed E-state index contributed by atoms with van der Waals surface area (Å²) >= 11 is 0. The van der Waals surface area contributed by atoms with Crippen LogP contribution in [0.15, 0.2) is 41.6 Å². The molecule has 1 aliphatic rings. The predicted molar refractivity (Wildman–Crippen MR) is 123 cm³/mol. The predicted octanol–water partition coefficient (Wildman–Crippen LogP) is 2.71. The first kappa shape index (κ1) is 20.8. The number of fused-ring (bicyclic) bond motifs is 3. The van der Waals surface area contributed by atoms with Gasteiger partial charge in [0, 0.05) is 25.8 Å². The fraction of sp³-hybridized carbons (Fsp3) is 0.417. The molecule has 1 fully saturated rings. The first-order valence-corrected chi connectivity index (χ1v) is 11.0. The lowest BCUT2D eigenvalue weighted by Gasteiger charge is -2.35. The largest absolute Gasteiger partial charge is 0.373 e. The Bertz CT molecular complexity index is 1350. The summed E-state index contributed by atoms with van der Waals surface area (Å²) in [7, 11) is 0. The molecule has 0 bridgehead atoms. The summed E-state index contributed by atoms with van der Waals surface area (Å²) in [6, 6.07) is 8.37. The quantitative estimate of drug-likeness (QED) is 0.494. The first-order valence-electron chi connectivity index (χ1n) is 11.0. The number of benzene rings is 1. The molecular formula is C24H28N6O2. The van der Waals surface area contributed by atoms with Gasteiger partial charge in [-0.1, -0.05) is 23.8 Å². The van der Waals surface area contributed by atoms with E-state index in [2.05, 4.69) is 66.9 Å². The molecule has 0 spiro atoms. The third-order valence-electron chi connectivity index (χ3n) is 6.11. The lowest BCUT2D eigenvalue weighted by atomic mass is 10.1. The summed E-state index contributed by atoms with van der Waals surface area (Å²) in [5.41, 5.74) is 5.45. The van der Waals surface area contributed by atoms with Crippen LogP contribution in [0.25, 0.3) is 16.7 Å². The van der Waals surface area contributed by atoms with Gasteiger partial charge >= 0.3 is 5.69 Å². The van der Waals surface area contributed by atoms with Crippen molar-refractivity contribution in [3.63, 3.8) is 0 Å². The highest BCUT2D eigenvalue weighted by molar-refractivity contribution is 5.89. The molecule has 8 heteroatoms. The van der Waals surface area contributed by atoms with Gasteiger partial charge in [-0.3, -0.25) is 9.47 Å². The summed E-state index contributed by atoms with van der Waals surface area (Å²) < 4.78 is 8.92. The van der Waals surface area contributed by atoms with Gasteiger partial charge in [0.05, 0.1) is 24.1 Å². The van der Waals surface area contributed by atoms with Gasteiger partial charge in [-0.05, 0) is 50.5 Å². The van der Waals surface area contributed by atoms with Crippen LogP contribution >= 0.6 is 0 Å². The molecule has 4 heterocycles. The van der Waals surface area contributed by atoms with E-state index in [-0.39, 0.29) is 17.9 Å². The number of aryl methyl sites for hydroxylation is 2. The lowest BCUT2D eigenvalue weighted by molar-refractivity contribution is -0.0705. The Balaban J connectivity index is 1.58. The SMILES string of the molecule is Cc1ccc(Cn2c(=O)n3ncnc3c3cc(CN4C[C@@H](C)O[C@@H](C)C4)cnc32)c(C)c1. The first-order chi connectivity index (χ1) is 15.4. The standard InChI is InChI=1S/C24H28N6O2/c1-15-5-6-20(16(2)7-15)13-29-22-21(23-26-14-27-30(23)24(29)31)8-19(9-25-22)12-28-10-17(3)32-18(4)11-28/h5-9,14,17-18H,10-13H2,1-4H3/t17-,18+. The number of pyridine rings is 1. The Kier molecular flexibility index (Phi) is 5.27. The zero-order valence-electron chi connectivity index (χ0n) is 18.9. The summed E-state index contributed by atoms with van der Waals surface area (Å²) in [6.07, 6.45) is 3.71. The van der Waals surface area contributed by atoms with Gasteiger partial charge in [-0.15, -0.1) is 0 Å². The minimum Gasteiger partial charge on any atom is -0.373 e. The van der Waals surface area contributed by atoms with Crippen molar-refractivity contribution in [1.29, 1.82) is 0 Å². The molecule has 0 amide bonds. The fourth-order valence-electron chi connectivity index (χ4n) is 4.74. The van der Waals surface area contributed by atoms with Crippen LogP contribution in [0.2, 0.25) is 0 Å². The Morgan fingerprint density at radius 1 is 1.03 bits per heavy atom. The lowest BCUT2D eigenvalue weighted by Crippen LogP contribution is -2.44. The Morgan fingerprint density at radius 3 is 2.56 bits per heavy atom. The second-order valence-electron chi connectivity index (χ2n) is 8.96. The summed E-state index contributed by atoms with van der Waals surface area (Å²) in [5, 5.41) is 5.02. The molecule has 4 aromatic rings. The zero-order valence-corrected chi connectivity index (χ0v) is 18.9. The molecule has 0 radical (unpaired) electrons. The van der Waals surface area contributed by atoms with Gasteiger partial charge < -0.3 is 4.74 Å². The van der Waals surface area contributed by atoms with Crippen molar-refractivity contribution in [2.75, 3.05) is 13.1 Å². The average Bonchev–Trinajstić information content (AvgIpc) is 3.22. The smallest absolute Gasteiger partial charge is 0.352 e. The van der Waals surface area contributed by atoms with Crippen molar-refractivity contribution < 1.29 is 4.74 Å². The van der Waals surface area contributed by atoms with Crippen molar-refractivity contribution in [1.82, 2.24) is 29.0 Å². The number of hydrogen-bond donors (Lipinski definition) is 0. The van der Waals surface area contributed by atoms with E-state index in [1.54, 1.807) is 4.57 Å². The Hall–Kier alpha value is -3.10. The van der Waals surface area contributed by atoms with Crippen molar-refractivity contribution >= 4 is 16.7 Å². The van der Waals surface area contributed by atoms with E-state index in [0.29, 0.717) is 17.8 Å². The topological polar surface area (TPSA) is 77.5 Å². The van der Waals surface area contributed by atoms with E-state index in [0.717, 1.165) is 41.7 Å². The number of morpholine rings is 1. The van der Waals surface area contributed by atoms with Crippen LogP contribution in [0.4, 0.5) is 0 Å². The van der Waals surface area contributed by atoms with Gasteiger partial charge in [-0.2, -0.15) is 9.61 Å². The molecule has 1 saturated heterocycles. The molecule has 166 valence electrons. The molecule has 0 N–H and O–H groups in total. The van der Waals surface area contributed by atoms with Crippen LogP contribution in [0.1, 0.15) is 36.1 Å². The van der Waals surface area contributed by atoms with Crippen LogP contribution < -0.4 is 5.69 Å². The monoisotopic (exact) mass is 432 g/mol. The number of nitrogens with zero attached hydrogens (tertiary/aromatic N) is 6. The van der Waals surface area contributed by atoms with E-state index in [1.807, 2.05) is 6.20 Å². The highest BCUT2D eigenvalue weighted by Crippen LogP contribution is 2.21. The molecule has 5 rings (SSSR count). The van der Waals surface area contributed by atoms with Crippen molar-refractivity contribution in [3.05, 3.63) is 69.5 Å². The molecule has 0 aliphatic carbocycles. The van der Waals surface area contributed by atoms with Gasteiger partial charge in [0.15, 0.2) is 5.65 Å². The molecule has 0 unspecified atom stereocenters. The molecule has 8 nitrogen and oxygen atoms in total. The second kappa shape index (κ2) is 8.11. The third kappa shape index (κ3) is 3.80. The second-order valence-corrected chi connectivity index (χ2v) is 8.96. The minimum absolute atomic E-state index is 0.207. The van der Waals surface area contributed by atoms with Gasteiger partial charge in [0.25, 0.3) is 0 Å². The van der Waals surface area contributed by atoms with Crippen molar-refractivity contribution in [3.8, 4) is 0 Å². The maximum absolute atomic E-state index is 13.2.